The van der Waals surface area contributed by atoms with Crippen molar-refractivity contribution in [2.45, 2.75) is 18.9 Å². The minimum Gasteiger partial charge on any atom is -0.393 e. The van der Waals surface area contributed by atoms with Crippen LogP contribution < -0.4 is 16.0 Å². The van der Waals surface area contributed by atoms with Gasteiger partial charge in [-0.2, -0.15) is 0 Å². The van der Waals surface area contributed by atoms with E-state index < -0.39 is 6.03 Å². The number of aliphatic hydroxyl groups excluding tert-OH is 1. The third-order valence-corrected chi connectivity index (χ3v) is 3.24. The van der Waals surface area contributed by atoms with Crippen LogP contribution in [0.1, 0.15) is 12.8 Å². The highest BCUT2D eigenvalue weighted by Crippen LogP contribution is 2.25. The Balaban J connectivity index is 1.59. The van der Waals surface area contributed by atoms with E-state index in [9.17, 15) is 9.59 Å². The molecule has 0 heterocycles. The van der Waals surface area contributed by atoms with E-state index in [1.54, 1.807) is 12.1 Å². The van der Waals surface area contributed by atoms with Gasteiger partial charge < -0.3 is 21.1 Å². The van der Waals surface area contributed by atoms with Crippen LogP contribution in [0.3, 0.4) is 0 Å². The molecular formula is C14H19N3O3. The minimum absolute atomic E-state index is 0.0616. The number of hydrogen-bond acceptors (Lipinski definition) is 3. The summed E-state index contributed by atoms with van der Waals surface area (Å²) in [7, 11) is 0. The van der Waals surface area contributed by atoms with Crippen molar-refractivity contribution >= 4 is 17.6 Å². The van der Waals surface area contributed by atoms with Crippen LogP contribution in [0.2, 0.25) is 0 Å². The summed E-state index contributed by atoms with van der Waals surface area (Å²) < 4.78 is 0. The van der Waals surface area contributed by atoms with Crippen molar-refractivity contribution in [2.75, 3.05) is 18.4 Å². The maximum absolute atomic E-state index is 11.5. The molecule has 0 saturated heterocycles. The molecule has 1 aromatic rings. The van der Waals surface area contributed by atoms with Crippen LogP contribution in [-0.2, 0) is 4.79 Å². The Kier molecular flexibility index (Phi) is 4.95. The fourth-order valence-corrected chi connectivity index (χ4v) is 2.05. The van der Waals surface area contributed by atoms with Crippen molar-refractivity contribution in [3.05, 3.63) is 30.3 Å². The second-order valence-electron chi connectivity index (χ2n) is 4.97. The Morgan fingerprint density at radius 3 is 2.50 bits per heavy atom. The van der Waals surface area contributed by atoms with E-state index in [-0.39, 0.29) is 18.6 Å². The van der Waals surface area contributed by atoms with Gasteiger partial charge in [0.2, 0.25) is 5.91 Å². The number of benzene rings is 1. The number of anilines is 1. The van der Waals surface area contributed by atoms with Gasteiger partial charge in [0.25, 0.3) is 0 Å². The number of para-hydroxylation sites is 1. The minimum atomic E-state index is -0.412. The first-order valence-electron chi connectivity index (χ1n) is 6.68. The van der Waals surface area contributed by atoms with Gasteiger partial charge in [0.15, 0.2) is 0 Å². The summed E-state index contributed by atoms with van der Waals surface area (Å²) in [5.74, 6) is 0.127. The zero-order chi connectivity index (χ0) is 14.4. The van der Waals surface area contributed by atoms with Crippen LogP contribution in [0.5, 0.6) is 0 Å². The van der Waals surface area contributed by atoms with Gasteiger partial charge in [0.1, 0.15) is 0 Å². The van der Waals surface area contributed by atoms with E-state index in [1.165, 1.54) is 0 Å². The van der Waals surface area contributed by atoms with E-state index in [0.29, 0.717) is 18.2 Å². The smallest absolute Gasteiger partial charge is 0.319 e. The lowest BCUT2D eigenvalue weighted by Gasteiger charge is -2.31. The number of hydrogen-bond donors (Lipinski definition) is 4. The molecule has 4 N–H and O–H groups in total. The zero-order valence-corrected chi connectivity index (χ0v) is 11.1. The first kappa shape index (κ1) is 14.3. The second kappa shape index (κ2) is 6.91. The molecule has 1 aliphatic carbocycles. The first-order valence-corrected chi connectivity index (χ1v) is 6.68. The topological polar surface area (TPSA) is 90.5 Å². The summed E-state index contributed by atoms with van der Waals surface area (Å²) in [5, 5.41) is 17.0. The maximum atomic E-state index is 11.5. The van der Waals surface area contributed by atoms with E-state index in [0.717, 1.165) is 12.8 Å². The van der Waals surface area contributed by atoms with Crippen LogP contribution in [0.25, 0.3) is 0 Å². The van der Waals surface area contributed by atoms with Gasteiger partial charge in [-0.15, -0.1) is 0 Å². The molecule has 1 aliphatic rings. The van der Waals surface area contributed by atoms with Crippen molar-refractivity contribution in [2.24, 2.45) is 5.92 Å². The third kappa shape index (κ3) is 4.55. The van der Waals surface area contributed by atoms with Crippen LogP contribution in [0, 0.1) is 5.92 Å². The van der Waals surface area contributed by atoms with E-state index >= 15 is 0 Å². The monoisotopic (exact) mass is 277 g/mol. The van der Waals surface area contributed by atoms with Gasteiger partial charge in [-0.05, 0) is 30.9 Å². The van der Waals surface area contributed by atoms with Crippen LogP contribution >= 0.6 is 0 Å². The SMILES string of the molecule is O=C(CNC(=O)Nc1ccccc1)NCC1CC(O)C1. The van der Waals surface area contributed by atoms with Gasteiger partial charge in [0.05, 0.1) is 12.6 Å². The van der Waals surface area contributed by atoms with E-state index in [1.807, 2.05) is 18.2 Å². The van der Waals surface area contributed by atoms with E-state index in [2.05, 4.69) is 16.0 Å². The fourth-order valence-electron chi connectivity index (χ4n) is 2.05. The Hall–Kier alpha value is -2.08. The molecule has 1 fully saturated rings. The van der Waals surface area contributed by atoms with Crippen molar-refractivity contribution < 1.29 is 14.7 Å². The molecule has 6 heteroatoms. The number of amides is 3. The van der Waals surface area contributed by atoms with Gasteiger partial charge in [-0.3, -0.25) is 4.79 Å². The van der Waals surface area contributed by atoms with Crippen molar-refractivity contribution in [1.82, 2.24) is 10.6 Å². The highest BCUT2D eigenvalue weighted by molar-refractivity contribution is 5.92. The molecule has 2 rings (SSSR count). The van der Waals surface area contributed by atoms with Crippen molar-refractivity contribution in [3.63, 3.8) is 0 Å². The molecule has 0 aliphatic heterocycles. The van der Waals surface area contributed by atoms with Gasteiger partial charge in [0, 0.05) is 12.2 Å². The average Bonchev–Trinajstić information content (AvgIpc) is 2.41. The summed E-state index contributed by atoms with van der Waals surface area (Å²) >= 11 is 0. The molecule has 1 saturated carbocycles. The summed E-state index contributed by atoms with van der Waals surface area (Å²) in [5.41, 5.74) is 0.675. The van der Waals surface area contributed by atoms with Gasteiger partial charge in [-0.25, -0.2) is 4.79 Å². The number of carbonyl (C=O) groups excluding carboxylic acids is 2. The van der Waals surface area contributed by atoms with E-state index in [4.69, 9.17) is 5.11 Å². The van der Waals surface area contributed by atoms with Gasteiger partial charge >= 0.3 is 6.03 Å². The molecule has 0 unspecified atom stereocenters. The highest BCUT2D eigenvalue weighted by Gasteiger charge is 2.27. The molecule has 0 spiro atoms. The van der Waals surface area contributed by atoms with Crippen LogP contribution in [-0.4, -0.2) is 36.2 Å². The van der Waals surface area contributed by atoms with Crippen molar-refractivity contribution in [3.8, 4) is 0 Å². The third-order valence-electron chi connectivity index (χ3n) is 3.24. The second-order valence-corrected chi connectivity index (χ2v) is 4.97. The predicted molar refractivity (Wildman–Crippen MR) is 75.2 cm³/mol. The molecule has 108 valence electrons. The molecule has 0 aromatic heterocycles. The molecule has 6 nitrogen and oxygen atoms in total. The molecular weight excluding hydrogens is 258 g/mol. The number of rotatable bonds is 5. The number of nitrogens with one attached hydrogen (secondary N) is 3. The summed E-state index contributed by atoms with van der Waals surface area (Å²) in [6.45, 7) is 0.492. The molecule has 20 heavy (non-hydrogen) atoms. The molecule has 0 bridgehead atoms. The predicted octanol–water partition coefficient (Wildman–Crippen LogP) is 0.695. The van der Waals surface area contributed by atoms with Crippen molar-refractivity contribution in [1.29, 1.82) is 0 Å². The average molecular weight is 277 g/mol. The normalized spacial score (nSPS) is 20.6. The molecule has 0 atom stereocenters. The Bertz CT molecular complexity index is 458. The van der Waals surface area contributed by atoms with Crippen LogP contribution in [0.4, 0.5) is 10.5 Å². The number of carbonyl (C=O) groups is 2. The first-order chi connectivity index (χ1) is 9.63. The Labute approximate surface area is 117 Å². The fraction of sp³-hybridized carbons (Fsp3) is 0.429. The Morgan fingerprint density at radius 1 is 1.15 bits per heavy atom. The standard InChI is InChI=1S/C14H19N3O3/c18-12-6-10(7-12)8-15-13(19)9-16-14(20)17-11-4-2-1-3-5-11/h1-5,10,12,18H,6-9H2,(H,15,19)(H2,16,17,20). The van der Waals surface area contributed by atoms with Crippen LogP contribution in [0.15, 0.2) is 30.3 Å². The number of aliphatic hydroxyl groups is 1. The maximum Gasteiger partial charge on any atom is 0.319 e. The summed E-state index contributed by atoms with van der Waals surface area (Å²) in [6, 6.07) is 8.60. The lowest BCUT2D eigenvalue weighted by molar-refractivity contribution is -0.120. The lowest BCUT2D eigenvalue weighted by atomic mass is 9.82. The molecule has 1 aromatic carbocycles. The molecule has 3 amide bonds. The number of urea groups is 1. The largest absolute Gasteiger partial charge is 0.393 e. The molecule has 0 radical (unpaired) electrons. The highest BCUT2D eigenvalue weighted by atomic mass is 16.3. The summed E-state index contributed by atoms with van der Waals surface area (Å²) in [6.07, 6.45) is 1.26. The quantitative estimate of drug-likeness (QED) is 0.638. The Morgan fingerprint density at radius 2 is 1.85 bits per heavy atom. The lowest BCUT2D eigenvalue weighted by Crippen LogP contribution is -2.43. The summed E-state index contributed by atoms with van der Waals surface area (Å²) in [4.78, 5) is 23.0. The zero-order valence-electron chi connectivity index (χ0n) is 11.1. The van der Waals surface area contributed by atoms with Gasteiger partial charge in [-0.1, -0.05) is 18.2 Å².